The first-order valence-corrected chi connectivity index (χ1v) is 10.2. The molecule has 0 spiro atoms. The molecule has 0 fully saturated rings. The van der Waals surface area contributed by atoms with Crippen molar-refractivity contribution in [1.82, 2.24) is 10.3 Å². The maximum atomic E-state index is 12.1. The number of amides is 1. The number of pyridine rings is 1. The van der Waals surface area contributed by atoms with Crippen molar-refractivity contribution in [2.24, 2.45) is 0 Å². The summed E-state index contributed by atoms with van der Waals surface area (Å²) < 4.78 is 5.48. The monoisotopic (exact) mass is 421 g/mol. The second kappa shape index (κ2) is 11.7. The molecule has 0 aliphatic rings. The fraction of sp³-hybridized carbons (Fsp3) is 0.250. The Morgan fingerprint density at radius 1 is 1.03 bits per heavy atom. The minimum Gasteiger partial charge on any atom is -0.508 e. The van der Waals surface area contributed by atoms with Crippen molar-refractivity contribution in [2.45, 2.75) is 18.9 Å². The lowest BCUT2D eigenvalue weighted by Gasteiger charge is -2.13. The van der Waals surface area contributed by atoms with Crippen LogP contribution in [0, 0.1) is 0 Å². The molecule has 7 nitrogen and oxygen atoms in total. The minimum atomic E-state index is -0.633. The number of nitrogens with zero attached hydrogens (tertiary/aromatic N) is 1. The van der Waals surface area contributed by atoms with Gasteiger partial charge in [0.2, 0.25) is 5.91 Å². The predicted octanol–water partition coefficient (Wildman–Crippen LogP) is 2.54. The van der Waals surface area contributed by atoms with Gasteiger partial charge in [-0.15, -0.1) is 0 Å². The van der Waals surface area contributed by atoms with Gasteiger partial charge in [0.05, 0.1) is 6.42 Å². The largest absolute Gasteiger partial charge is 0.508 e. The van der Waals surface area contributed by atoms with Gasteiger partial charge < -0.3 is 25.6 Å². The summed E-state index contributed by atoms with van der Waals surface area (Å²) in [7, 11) is 0. The summed E-state index contributed by atoms with van der Waals surface area (Å²) in [6.45, 7) is 1.30. The third-order valence-electron chi connectivity index (χ3n) is 4.57. The van der Waals surface area contributed by atoms with E-state index < -0.39 is 6.10 Å². The molecule has 1 aromatic heterocycles. The zero-order chi connectivity index (χ0) is 21.9. The van der Waals surface area contributed by atoms with Crippen LogP contribution in [0.3, 0.4) is 0 Å². The number of hydrogen-bond acceptors (Lipinski definition) is 6. The second-order valence-corrected chi connectivity index (χ2v) is 7.20. The van der Waals surface area contributed by atoms with Crippen molar-refractivity contribution in [3.8, 4) is 11.5 Å². The molecule has 4 N–H and O–H groups in total. The van der Waals surface area contributed by atoms with E-state index >= 15 is 0 Å². The Morgan fingerprint density at radius 3 is 2.52 bits per heavy atom. The van der Waals surface area contributed by atoms with Crippen molar-refractivity contribution in [2.75, 3.05) is 25.0 Å². The molecule has 2 aromatic carbocycles. The minimum absolute atomic E-state index is 0.0778. The molecule has 0 radical (unpaired) electrons. The summed E-state index contributed by atoms with van der Waals surface area (Å²) in [4.78, 5) is 16.1. The standard InChI is InChI=1S/C24H27N3O4/c28-21-7-9-23(10-8-21)31-17-22(29)16-26-13-11-18-3-5-20(6-4-18)27-24(30)14-19-2-1-12-25-15-19/h1-10,12,15,22,26,28-29H,11,13-14,16-17H2,(H,27,30)/t22-/m0/s1. The van der Waals surface area contributed by atoms with Gasteiger partial charge in [-0.2, -0.15) is 0 Å². The number of phenols is 1. The van der Waals surface area contributed by atoms with Gasteiger partial charge in [-0.05, 0) is 66.6 Å². The van der Waals surface area contributed by atoms with Crippen molar-refractivity contribution in [3.05, 3.63) is 84.2 Å². The number of ether oxygens (including phenoxy) is 1. The lowest BCUT2D eigenvalue weighted by molar-refractivity contribution is -0.115. The van der Waals surface area contributed by atoms with Crippen molar-refractivity contribution < 1.29 is 19.7 Å². The molecule has 1 heterocycles. The lowest BCUT2D eigenvalue weighted by Crippen LogP contribution is -2.32. The van der Waals surface area contributed by atoms with Gasteiger partial charge in [0.25, 0.3) is 0 Å². The molecule has 0 bridgehead atoms. The van der Waals surface area contributed by atoms with Crippen LogP contribution >= 0.6 is 0 Å². The third kappa shape index (κ3) is 8.08. The van der Waals surface area contributed by atoms with E-state index in [1.54, 1.807) is 24.5 Å². The van der Waals surface area contributed by atoms with Crippen LogP contribution in [-0.4, -0.2) is 46.9 Å². The van der Waals surface area contributed by atoms with E-state index in [9.17, 15) is 15.0 Å². The molecule has 0 saturated heterocycles. The van der Waals surface area contributed by atoms with Crippen molar-refractivity contribution >= 4 is 11.6 Å². The molecular weight excluding hydrogens is 394 g/mol. The molecule has 0 aliphatic heterocycles. The molecular formula is C24H27N3O4. The van der Waals surface area contributed by atoms with Gasteiger partial charge in [0.15, 0.2) is 0 Å². The van der Waals surface area contributed by atoms with Gasteiger partial charge in [0.1, 0.15) is 24.2 Å². The number of carbonyl (C=O) groups excluding carboxylic acids is 1. The first kappa shape index (κ1) is 22.3. The second-order valence-electron chi connectivity index (χ2n) is 7.20. The number of rotatable bonds is 11. The van der Waals surface area contributed by atoms with Crippen LogP contribution in [0.5, 0.6) is 11.5 Å². The van der Waals surface area contributed by atoms with Gasteiger partial charge in [-0.3, -0.25) is 9.78 Å². The number of benzene rings is 2. The average molecular weight is 421 g/mol. The topological polar surface area (TPSA) is 104 Å². The van der Waals surface area contributed by atoms with Crippen LogP contribution in [0.2, 0.25) is 0 Å². The van der Waals surface area contributed by atoms with Crippen LogP contribution in [-0.2, 0) is 17.6 Å². The first-order chi connectivity index (χ1) is 15.1. The van der Waals surface area contributed by atoms with E-state index in [-0.39, 0.29) is 24.7 Å². The molecule has 1 atom stereocenters. The predicted molar refractivity (Wildman–Crippen MR) is 119 cm³/mol. The van der Waals surface area contributed by atoms with Crippen molar-refractivity contribution in [1.29, 1.82) is 0 Å². The normalized spacial score (nSPS) is 11.6. The Hall–Kier alpha value is -3.42. The fourth-order valence-electron chi connectivity index (χ4n) is 2.94. The van der Waals surface area contributed by atoms with Crippen LogP contribution < -0.4 is 15.4 Å². The number of aromatic nitrogens is 1. The molecule has 7 heteroatoms. The number of phenolic OH excluding ortho intramolecular Hbond substituents is 1. The highest BCUT2D eigenvalue weighted by Gasteiger charge is 2.06. The maximum absolute atomic E-state index is 12.1. The molecule has 3 aromatic rings. The zero-order valence-corrected chi connectivity index (χ0v) is 17.2. The highest BCUT2D eigenvalue weighted by atomic mass is 16.5. The summed E-state index contributed by atoms with van der Waals surface area (Å²) in [6, 6.07) is 17.8. The Morgan fingerprint density at radius 2 is 1.81 bits per heavy atom. The maximum Gasteiger partial charge on any atom is 0.228 e. The Balaban J connectivity index is 1.31. The quantitative estimate of drug-likeness (QED) is 0.355. The number of aliphatic hydroxyl groups is 1. The number of carbonyl (C=O) groups is 1. The highest BCUT2D eigenvalue weighted by molar-refractivity contribution is 5.92. The van der Waals surface area contributed by atoms with E-state index in [4.69, 9.17) is 4.74 Å². The number of aliphatic hydroxyl groups excluding tert-OH is 1. The molecule has 3 rings (SSSR count). The van der Waals surface area contributed by atoms with Gasteiger partial charge in [0, 0.05) is 24.6 Å². The Kier molecular flexibility index (Phi) is 8.39. The smallest absolute Gasteiger partial charge is 0.228 e. The van der Waals surface area contributed by atoms with Gasteiger partial charge in [-0.25, -0.2) is 0 Å². The van der Waals surface area contributed by atoms with E-state index in [0.717, 1.165) is 23.2 Å². The molecule has 0 aliphatic carbocycles. The Bertz CT molecular complexity index is 931. The highest BCUT2D eigenvalue weighted by Crippen LogP contribution is 2.16. The van der Waals surface area contributed by atoms with Crippen LogP contribution in [0.15, 0.2) is 73.1 Å². The zero-order valence-electron chi connectivity index (χ0n) is 17.2. The third-order valence-corrected chi connectivity index (χ3v) is 4.57. The summed E-state index contributed by atoms with van der Waals surface area (Å²) >= 11 is 0. The molecule has 1 amide bonds. The van der Waals surface area contributed by atoms with Crippen LogP contribution in [0.25, 0.3) is 0 Å². The number of hydrogen-bond donors (Lipinski definition) is 4. The molecule has 162 valence electrons. The van der Waals surface area contributed by atoms with Gasteiger partial charge >= 0.3 is 0 Å². The summed E-state index contributed by atoms with van der Waals surface area (Å²) in [6.07, 6.45) is 3.83. The summed E-state index contributed by atoms with van der Waals surface area (Å²) in [5.41, 5.74) is 2.76. The molecule has 31 heavy (non-hydrogen) atoms. The molecule has 0 unspecified atom stereocenters. The van der Waals surface area contributed by atoms with Gasteiger partial charge in [-0.1, -0.05) is 18.2 Å². The van der Waals surface area contributed by atoms with Crippen LogP contribution in [0.1, 0.15) is 11.1 Å². The number of nitrogens with one attached hydrogen (secondary N) is 2. The SMILES string of the molecule is O=C(Cc1cccnc1)Nc1ccc(CCNC[C@H](O)COc2ccc(O)cc2)cc1. The fourth-order valence-corrected chi connectivity index (χ4v) is 2.94. The first-order valence-electron chi connectivity index (χ1n) is 10.2. The number of aromatic hydroxyl groups is 1. The Labute approximate surface area is 181 Å². The lowest BCUT2D eigenvalue weighted by atomic mass is 10.1. The van der Waals surface area contributed by atoms with E-state index in [2.05, 4.69) is 15.6 Å². The average Bonchev–Trinajstić information content (AvgIpc) is 2.78. The summed E-state index contributed by atoms with van der Waals surface area (Å²) in [5, 5.41) is 25.3. The van der Waals surface area contributed by atoms with Crippen LogP contribution in [0.4, 0.5) is 5.69 Å². The van der Waals surface area contributed by atoms with E-state index in [1.165, 1.54) is 12.1 Å². The van der Waals surface area contributed by atoms with Crippen molar-refractivity contribution in [3.63, 3.8) is 0 Å². The van der Waals surface area contributed by atoms with E-state index in [0.29, 0.717) is 18.8 Å². The summed E-state index contributed by atoms with van der Waals surface area (Å²) in [5.74, 6) is 0.699. The molecule has 0 saturated carbocycles. The number of anilines is 1. The van der Waals surface area contributed by atoms with E-state index in [1.807, 2.05) is 36.4 Å².